The predicted molar refractivity (Wildman–Crippen MR) is 73.2 cm³/mol. The van der Waals surface area contributed by atoms with Crippen molar-refractivity contribution in [1.82, 2.24) is 5.32 Å². The summed E-state index contributed by atoms with van der Waals surface area (Å²) in [5.41, 5.74) is 0. The van der Waals surface area contributed by atoms with Crippen LogP contribution in [0.2, 0.25) is 10.0 Å². The molecule has 0 unspecified atom stereocenters. The van der Waals surface area contributed by atoms with E-state index in [-0.39, 0.29) is 23.8 Å². The molecular weight excluding hydrogens is 309 g/mol. The van der Waals surface area contributed by atoms with Crippen molar-refractivity contribution in [1.29, 1.82) is 0 Å². The van der Waals surface area contributed by atoms with Gasteiger partial charge in [-0.2, -0.15) is 0 Å². The minimum atomic E-state index is -1.23. The Hall–Kier alpha value is -1.50. The van der Waals surface area contributed by atoms with E-state index >= 15 is 0 Å². The summed E-state index contributed by atoms with van der Waals surface area (Å²) in [6.07, 6.45) is -0.0806. The minimum Gasteiger partial charge on any atom is -0.482 e. The summed E-state index contributed by atoms with van der Waals surface area (Å²) in [5.74, 6) is -1.59. The quantitative estimate of drug-likeness (QED) is 0.704. The van der Waals surface area contributed by atoms with E-state index in [2.05, 4.69) is 5.32 Å². The lowest BCUT2D eigenvalue weighted by Crippen LogP contribution is -2.43. The Balaban J connectivity index is 2.52. The molecule has 0 radical (unpaired) electrons. The maximum absolute atomic E-state index is 11.5. The number of carboxylic acid groups (broad SMARTS) is 1. The number of benzene rings is 1. The summed E-state index contributed by atoms with van der Waals surface area (Å²) in [4.78, 5) is 22.3. The highest BCUT2D eigenvalue weighted by Gasteiger charge is 2.19. The highest BCUT2D eigenvalue weighted by atomic mass is 35.5. The molecule has 1 amide bonds. The fourth-order valence-corrected chi connectivity index (χ4v) is 1.82. The van der Waals surface area contributed by atoms with E-state index in [0.717, 1.165) is 0 Å². The molecule has 0 spiro atoms. The van der Waals surface area contributed by atoms with Crippen molar-refractivity contribution in [3.63, 3.8) is 0 Å². The summed E-state index contributed by atoms with van der Waals surface area (Å²) < 4.78 is 5.15. The highest BCUT2D eigenvalue weighted by molar-refractivity contribution is 6.35. The molecule has 1 atom stereocenters. The molecule has 6 nitrogen and oxygen atoms in total. The first-order valence-electron chi connectivity index (χ1n) is 5.65. The molecular formula is C12H13Cl2NO5. The molecule has 20 heavy (non-hydrogen) atoms. The Labute approximate surface area is 125 Å². The average molecular weight is 322 g/mol. The molecule has 0 bridgehead atoms. The molecule has 0 aliphatic heterocycles. The number of carbonyl (C=O) groups excluding carboxylic acids is 1. The van der Waals surface area contributed by atoms with Crippen LogP contribution in [-0.4, -0.2) is 41.3 Å². The van der Waals surface area contributed by atoms with Crippen LogP contribution in [0.15, 0.2) is 18.2 Å². The molecule has 0 heterocycles. The van der Waals surface area contributed by atoms with Crippen LogP contribution in [0.1, 0.15) is 6.42 Å². The van der Waals surface area contributed by atoms with Gasteiger partial charge < -0.3 is 20.3 Å². The molecule has 0 aliphatic carbocycles. The third-order valence-electron chi connectivity index (χ3n) is 2.30. The second-order valence-electron chi connectivity index (χ2n) is 3.83. The zero-order valence-electron chi connectivity index (χ0n) is 10.3. The number of aliphatic hydroxyl groups is 1. The van der Waals surface area contributed by atoms with Crippen molar-refractivity contribution in [2.24, 2.45) is 0 Å². The number of hydrogen-bond acceptors (Lipinski definition) is 4. The lowest BCUT2D eigenvalue weighted by molar-refractivity contribution is -0.142. The van der Waals surface area contributed by atoms with Crippen LogP contribution in [-0.2, 0) is 9.59 Å². The molecule has 1 aromatic rings. The highest BCUT2D eigenvalue weighted by Crippen LogP contribution is 2.27. The van der Waals surface area contributed by atoms with Crippen LogP contribution >= 0.6 is 23.2 Å². The van der Waals surface area contributed by atoms with Crippen LogP contribution in [0.25, 0.3) is 0 Å². The third-order valence-corrected chi connectivity index (χ3v) is 2.83. The van der Waals surface area contributed by atoms with Gasteiger partial charge in [-0.3, -0.25) is 4.79 Å². The molecule has 0 saturated heterocycles. The predicted octanol–water partition coefficient (Wildman–Crippen LogP) is 1.32. The van der Waals surface area contributed by atoms with Gasteiger partial charge in [0.2, 0.25) is 0 Å². The van der Waals surface area contributed by atoms with Gasteiger partial charge in [0.15, 0.2) is 6.61 Å². The Morgan fingerprint density at radius 2 is 2.05 bits per heavy atom. The molecule has 0 aromatic heterocycles. The van der Waals surface area contributed by atoms with Crippen LogP contribution < -0.4 is 10.1 Å². The van der Waals surface area contributed by atoms with Crippen LogP contribution in [0.3, 0.4) is 0 Å². The van der Waals surface area contributed by atoms with Gasteiger partial charge in [0.1, 0.15) is 11.8 Å². The molecule has 0 saturated carbocycles. The summed E-state index contributed by atoms with van der Waals surface area (Å²) in [6, 6.07) is 3.35. The number of carboxylic acids is 1. The first kappa shape index (κ1) is 16.6. The number of amides is 1. The van der Waals surface area contributed by atoms with Crippen molar-refractivity contribution < 1.29 is 24.5 Å². The van der Waals surface area contributed by atoms with Crippen molar-refractivity contribution in [2.75, 3.05) is 13.2 Å². The van der Waals surface area contributed by atoms with Gasteiger partial charge in [0.05, 0.1) is 5.02 Å². The van der Waals surface area contributed by atoms with E-state index in [1.807, 2.05) is 0 Å². The van der Waals surface area contributed by atoms with Gasteiger partial charge in [-0.25, -0.2) is 4.79 Å². The molecule has 0 aliphatic rings. The van der Waals surface area contributed by atoms with E-state index in [4.69, 9.17) is 38.2 Å². The standard InChI is InChI=1S/C12H13Cl2NO5/c13-7-1-2-10(8(14)5-7)20-6-11(17)15-9(3-4-16)12(18)19/h1-2,5,9,16H,3-4,6H2,(H,15,17)(H,18,19)/t9-/m0/s1. The zero-order valence-corrected chi connectivity index (χ0v) is 11.8. The lowest BCUT2D eigenvalue weighted by atomic mass is 10.2. The van der Waals surface area contributed by atoms with Crippen molar-refractivity contribution in [3.8, 4) is 5.75 Å². The maximum atomic E-state index is 11.5. The van der Waals surface area contributed by atoms with Crippen molar-refractivity contribution in [2.45, 2.75) is 12.5 Å². The van der Waals surface area contributed by atoms with Gasteiger partial charge in [-0.1, -0.05) is 23.2 Å². The maximum Gasteiger partial charge on any atom is 0.326 e. The Morgan fingerprint density at radius 3 is 2.60 bits per heavy atom. The molecule has 1 aromatic carbocycles. The number of carbonyl (C=O) groups is 2. The number of nitrogens with one attached hydrogen (secondary N) is 1. The fraction of sp³-hybridized carbons (Fsp3) is 0.333. The molecule has 0 fully saturated rings. The first-order chi connectivity index (χ1) is 9.43. The van der Waals surface area contributed by atoms with Crippen LogP contribution in [0.5, 0.6) is 5.75 Å². The van der Waals surface area contributed by atoms with Gasteiger partial charge in [0.25, 0.3) is 5.91 Å². The van der Waals surface area contributed by atoms with Gasteiger partial charge in [0, 0.05) is 18.1 Å². The Morgan fingerprint density at radius 1 is 1.35 bits per heavy atom. The SMILES string of the molecule is O=C(COc1ccc(Cl)cc1Cl)N[C@@H](CCO)C(=O)O. The summed E-state index contributed by atoms with van der Waals surface area (Å²) >= 11 is 11.6. The second kappa shape index (κ2) is 7.94. The van der Waals surface area contributed by atoms with Crippen molar-refractivity contribution in [3.05, 3.63) is 28.2 Å². The van der Waals surface area contributed by atoms with E-state index in [0.29, 0.717) is 5.02 Å². The van der Waals surface area contributed by atoms with E-state index in [9.17, 15) is 9.59 Å². The number of aliphatic carboxylic acids is 1. The Bertz CT molecular complexity index is 495. The number of aliphatic hydroxyl groups excluding tert-OH is 1. The molecule has 1 rings (SSSR count). The van der Waals surface area contributed by atoms with Crippen LogP contribution in [0, 0.1) is 0 Å². The normalized spacial score (nSPS) is 11.8. The minimum absolute atomic E-state index is 0.0806. The summed E-state index contributed by atoms with van der Waals surface area (Å²) in [6.45, 7) is -0.738. The first-order valence-corrected chi connectivity index (χ1v) is 6.40. The largest absolute Gasteiger partial charge is 0.482 e. The topological polar surface area (TPSA) is 95.9 Å². The number of rotatable bonds is 7. The van der Waals surface area contributed by atoms with Gasteiger partial charge in [-0.15, -0.1) is 0 Å². The number of ether oxygens (including phenoxy) is 1. The monoisotopic (exact) mass is 321 g/mol. The molecule has 8 heteroatoms. The third kappa shape index (κ3) is 5.24. The fourth-order valence-electron chi connectivity index (χ4n) is 1.36. The molecule has 3 N–H and O–H groups in total. The van der Waals surface area contributed by atoms with E-state index in [1.165, 1.54) is 12.1 Å². The molecule has 110 valence electrons. The van der Waals surface area contributed by atoms with Gasteiger partial charge in [-0.05, 0) is 18.2 Å². The summed E-state index contributed by atoms with van der Waals surface area (Å²) in [5, 5.41) is 20.4. The number of hydrogen-bond donors (Lipinski definition) is 3. The Kier molecular flexibility index (Phi) is 6.57. The van der Waals surface area contributed by atoms with Gasteiger partial charge >= 0.3 is 5.97 Å². The average Bonchev–Trinajstić information content (AvgIpc) is 2.37. The van der Waals surface area contributed by atoms with Crippen LogP contribution in [0.4, 0.5) is 0 Å². The summed E-state index contributed by atoms with van der Waals surface area (Å²) in [7, 11) is 0. The second-order valence-corrected chi connectivity index (χ2v) is 4.68. The number of halogens is 2. The lowest BCUT2D eigenvalue weighted by Gasteiger charge is -2.14. The smallest absolute Gasteiger partial charge is 0.326 e. The van der Waals surface area contributed by atoms with E-state index < -0.39 is 24.5 Å². The zero-order chi connectivity index (χ0) is 15.1. The van der Waals surface area contributed by atoms with Crippen molar-refractivity contribution >= 4 is 35.1 Å². The van der Waals surface area contributed by atoms with E-state index in [1.54, 1.807) is 6.07 Å².